The Morgan fingerprint density at radius 3 is 1.49 bits per heavy atom. The van der Waals surface area contributed by atoms with Crippen LogP contribution in [0.25, 0.3) is 0 Å². The van der Waals surface area contributed by atoms with E-state index in [-0.39, 0.29) is 6.61 Å². The second kappa shape index (κ2) is 18.3. The standard InChI is InChI=1S/C33H48O6/c1-6-10-12-26(8-3)23-36-30-18-14-28(15-19-30)32(34)38-22-25(5)39-33(35)29-16-20-31(21-17-29)37-24-27(9-4)13-11-7-2/h14-21,25-27H,6-13,22-24H2,1-5H3. The topological polar surface area (TPSA) is 71.1 Å². The van der Waals surface area contributed by atoms with Crippen LogP contribution in [0.5, 0.6) is 11.5 Å². The van der Waals surface area contributed by atoms with Crippen LogP contribution < -0.4 is 9.47 Å². The Hall–Kier alpha value is -3.02. The first-order chi connectivity index (χ1) is 18.9. The van der Waals surface area contributed by atoms with Gasteiger partial charge in [0.25, 0.3) is 0 Å². The lowest BCUT2D eigenvalue weighted by Crippen LogP contribution is -2.22. The molecule has 6 heteroatoms. The lowest BCUT2D eigenvalue weighted by Gasteiger charge is -2.16. The fraction of sp³-hybridized carbons (Fsp3) is 0.576. The van der Waals surface area contributed by atoms with Gasteiger partial charge in [-0.15, -0.1) is 0 Å². The predicted octanol–water partition coefficient (Wildman–Crippen LogP) is 8.28. The summed E-state index contributed by atoms with van der Waals surface area (Å²) in [5, 5.41) is 0. The van der Waals surface area contributed by atoms with E-state index < -0.39 is 18.0 Å². The highest BCUT2D eigenvalue weighted by Gasteiger charge is 2.16. The van der Waals surface area contributed by atoms with E-state index in [2.05, 4.69) is 27.7 Å². The van der Waals surface area contributed by atoms with E-state index in [0.717, 1.165) is 30.8 Å². The maximum Gasteiger partial charge on any atom is 0.338 e. The van der Waals surface area contributed by atoms with Gasteiger partial charge in [0.05, 0.1) is 24.3 Å². The highest BCUT2D eigenvalue weighted by molar-refractivity contribution is 5.90. The monoisotopic (exact) mass is 540 g/mol. The van der Waals surface area contributed by atoms with Crippen molar-refractivity contribution >= 4 is 11.9 Å². The van der Waals surface area contributed by atoms with Gasteiger partial charge in [0, 0.05) is 0 Å². The molecule has 0 saturated heterocycles. The molecule has 0 heterocycles. The zero-order valence-electron chi connectivity index (χ0n) is 24.6. The average Bonchev–Trinajstić information content (AvgIpc) is 2.96. The molecule has 3 unspecified atom stereocenters. The minimum Gasteiger partial charge on any atom is -0.493 e. The summed E-state index contributed by atoms with van der Waals surface area (Å²) in [7, 11) is 0. The third-order valence-electron chi connectivity index (χ3n) is 7.00. The molecule has 2 aromatic rings. The van der Waals surface area contributed by atoms with Crippen LogP contribution in [0.4, 0.5) is 0 Å². The minimum absolute atomic E-state index is 0.0320. The van der Waals surface area contributed by atoms with Crippen molar-refractivity contribution in [2.45, 2.75) is 92.1 Å². The summed E-state index contributed by atoms with van der Waals surface area (Å²) in [5.41, 5.74) is 0.851. The first-order valence-corrected chi connectivity index (χ1v) is 14.7. The van der Waals surface area contributed by atoms with E-state index >= 15 is 0 Å². The molecule has 0 N–H and O–H groups in total. The molecule has 0 aliphatic heterocycles. The number of rotatable bonds is 19. The number of carbonyl (C=O) groups is 2. The van der Waals surface area contributed by atoms with Crippen LogP contribution in [-0.4, -0.2) is 37.9 Å². The van der Waals surface area contributed by atoms with Crippen molar-refractivity contribution in [3.05, 3.63) is 59.7 Å². The Morgan fingerprint density at radius 1 is 0.641 bits per heavy atom. The number of esters is 2. The molecule has 0 saturated carbocycles. The zero-order chi connectivity index (χ0) is 28.5. The van der Waals surface area contributed by atoms with Crippen molar-refractivity contribution in [1.82, 2.24) is 0 Å². The summed E-state index contributed by atoms with van der Waals surface area (Å²) in [4.78, 5) is 25.0. The second-order valence-corrected chi connectivity index (χ2v) is 10.3. The van der Waals surface area contributed by atoms with Gasteiger partial charge < -0.3 is 18.9 Å². The van der Waals surface area contributed by atoms with Crippen LogP contribution >= 0.6 is 0 Å². The van der Waals surface area contributed by atoms with Gasteiger partial charge in [-0.25, -0.2) is 9.59 Å². The van der Waals surface area contributed by atoms with Crippen molar-refractivity contribution in [2.24, 2.45) is 11.8 Å². The minimum atomic E-state index is -0.585. The fourth-order valence-corrected chi connectivity index (χ4v) is 4.16. The molecule has 0 radical (unpaired) electrons. The lowest BCUT2D eigenvalue weighted by molar-refractivity contribution is 0.00447. The molecular weight excluding hydrogens is 492 g/mol. The molecule has 0 fully saturated rings. The molecule has 6 nitrogen and oxygen atoms in total. The summed E-state index contributed by atoms with van der Waals surface area (Å²) in [5.74, 6) is 1.62. The van der Waals surface area contributed by atoms with Gasteiger partial charge in [-0.1, -0.05) is 66.2 Å². The van der Waals surface area contributed by atoms with Crippen molar-refractivity contribution in [3.8, 4) is 11.5 Å². The van der Waals surface area contributed by atoms with Gasteiger partial charge in [0.2, 0.25) is 0 Å². The average molecular weight is 541 g/mol. The molecule has 2 aromatic carbocycles. The van der Waals surface area contributed by atoms with Crippen molar-refractivity contribution < 1.29 is 28.5 Å². The molecule has 0 aromatic heterocycles. The summed E-state index contributed by atoms with van der Waals surface area (Å²) in [6.07, 6.45) is 8.71. The van der Waals surface area contributed by atoms with Gasteiger partial charge in [-0.05, 0) is 80.1 Å². The van der Waals surface area contributed by atoms with E-state index in [1.165, 1.54) is 32.1 Å². The third-order valence-corrected chi connectivity index (χ3v) is 7.00. The normalized spacial score (nSPS) is 13.3. The second-order valence-electron chi connectivity index (χ2n) is 10.3. The summed E-state index contributed by atoms with van der Waals surface area (Å²) < 4.78 is 22.6. The van der Waals surface area contributed by atoms with Gasteiger partial charge in [-0.3, -0.25) is 0 Å². The molecule has 39 heavy (non-hydrogen) atoms. The maximum absolute atomic E-state index is 12.5. The number of benzene rings is 2. The van der Waals surface area contributed by atoms with Crippen LogP contribution in [0.15, 0.2) is 48.5 Å². The smallest absolute Gasteiger partial charge is 0.338 e. The van der Waals surface area contributed by atoms with Crippen LogP contribution in [0.3, 0.4) is 0 Å². The molecule has 0 aliphatic carbocycles. The van der Waals surface area contributed by atoms with Gasteiger partial charge in [-0.2, -0.15) is 0 Å². The summed E-state index contributed by atoms with van der Waals surface area (Å²) in [6, 6.07) is 13.9. The summed E-state index contributed by atoms with van der Waals surface area (Å²) in [6.45, 7) is 11.8. The van der Waals surface area contributed by atoms with Crippen molar-refractivity contribution in [1.29, 1.82) is 0 Å². The molecule has 0 aliphatic rings. The number of ether oxygens (including phenoxy) is 4. The lowest BCUT2D eigenvalue weighted by atomic mass is 10.0. The highest BCUT2D eigenvalue weighted by Crippen LogP contribution is 2.19. The van der Waals surface area contributed by atoms with Crippen molar-refractivity contribution in [2.75, 3.05) is 19.8 Å². The van der Waals surface area contributed by atoms with E-state index in [1.807, 2.05) is 0 Å². The maximum atomic E-state index is 12.5. The Morgan fingerprint density at radius 2 is 1.08 bits per heavy atom. The first-order valence-electron chi connectivity index (χ1n) is 14.7. The van der Waals surface area contributed by atoms with Gasteiger partial charge >= 0.3 is 11.9 Å². The first kappa shape index (κ1) is 32.2. The zero-order valence-corrected chi connectivity index (χ0v) is 24.6. The van der Waals surface area contributed by atoms with Crippen molar-refractivity contribution in [3.63, 3.8) is 0 Å². The molecule has 0 spiro atoms. The Kier molecular flexibility index (Phi) is 15.1. The van der Waals surface area contributed by atoms with E-state index in [1.54, 1.807) is 55.5 Å². The number of hydrogen-bond acceptors (Lipinski definition) is 6. The molecule has 0 bridgehead atoms. The Bertz CT molecular complexity index is 953. The van der Waals surface area contributed by atoms with E-state index in [0.29, 0.717) is 36.2 Å². The SMILES string of the molecule is CCCCC(CC)COc1ccc(C(=O)OCC(C)OC(=O)c2ccc(OCC(CC)CCCC)cc2)cc1. The Balaban J connectivity index is 1.75. The van der Waals surface area contributed by atoms with Gasteiger partial charge in [0.1, 0.15) is 24.2 Å². The fourth-order valence-electron chi connectivity index (χ4n) is 4.16. The van der Waals surface area contributed by atoms with Crippen LogP contribution in [0.1, 0.15) is 107 Å². The van der Waals surface area contributed by atoms with E-state index in [9.17, 15) is 9.59 Å². The third kappa shape index (κ3) is 12.1. The number of hydrogen-bond donors (Lipinski definition) is 0. The quantitative estimate of drug-likeness (QED) is 0.167. The van der Waals surface area contributed by atoms with Crippen LogP contribution in [-0.2, 0) is 9.47 Å². The number of unbranched alkanes of at least 4 members (excludes halogenated alkanes) is 2. The summed E-state index contributed by atoms with van der Waals surface area (Å²) >= 11 is 0. The van der Waals surface area contributed by atoms with Gasteiger partial charge in [0.15, 0.2) is 0 Å². The molecule has 3 atom stereocenters. The molecule has 216 valence electrons. The van der Waals surface area contributed by atoms with Crippen LogP contribution in [0, 0.1) is 11.8 Å². The largest absolute Gasteiger partial charge is 0.493 e. The Labute approximate surface area is 235 Å². The molecule has 2 rings (SSSR count). The highest BCUT2D eigenvalue weighted by atomic mass is 16.6. The predicted molar refractivity (Wildman–Crippen MR) is 156 cm³/mol. The van der Waals surface area contributed by atoms with E-state index in [4.69, 9.17) is 18.9 Å². The molecular formula is C33H48O6. The van der Waals surface area contributed by atoms with Crippen LogP contribution in [0.2, 0.25) is 0 Å². The molecule has 0 amide bonds. The number of carbonyl (C=O) groups excluding carboxylic acids is 2.